The van der Waals surface area contributed by atoms with Crippen LogP contribution in [0.4, 0.5) is 0 Å². The van der Waals surface area contributed by atoms with Gasteiger partial charge in [-0.15, -0.1) is 0 Å². The van der Waals surface area contributed by atoms with Gasteiger partial charge < -0.3 is 10.2 Å². The Balaban J connectivity index is 2.29. The number of aromatic carboxylic acids is 1. The average molecular weight is 305 g/mol. The van der Waals surface area contributed by atoms with E-state index in [1.54, 1.807) is 24.3 Å². The fourth-order valence-electron chi connectivity index (χ4n) is 2.09. The number of carboxylic acid groups (broad SMARTS) is 2. The summed E-state index contributed by atoms with van der Waals surface area (Å²) in [6, 6.07) is 12.9. The van der Waals surface area contributed by atoms with Crippen LogP contribution >= 0.6 is 11.6 Å². The van der Waals surface area contributed by atoms with Crippen LogP contribution < -0.4 is 0 Å². The Labute approximate surface area is 126 Å². The Morgan fingerprint density at radius 1 is 1.00 bits per heavy atom. The molecule has 108 valence electrons. The summed E-state index contributed by atoms with van der Waals surface area (Å²) in [5.41, 5.74) is 1.42. The predicted octanol–water partition coefficient (Wildman–Crippen LogP) is 3.45. The number of benzene rings is 2. The Bertz CT molecular complexity index is 664. The van der Waals surface area contributed by atoms with Crippen molar-refractivity contribution in [1.82, 2.24) is 0 Å². The van der Waals surface area contributed by atoms with Gasteiger partial charge in [-0.1, -0.05) is 41.9 Å². The van der Waals surface area contributed by atoms with Crippen molar-refractivity contribution in [3.63, 3.8) is 0 Å². The van der Waals surface area contributed by atoms with Crippen LogP contribution in [0, 0.1) is 0 Å². The first-order valence-electron chi connectivity index (χ1n) is 6.28. The lowest BCUT2D eigenvalue weighted by atomic mass is 9.91. The van der Waals surface area contributed by atoms with Crippen LogP contribution in [0.3, 0.4) is 0 Å². The Kier molecular flexibility index (Phi) is 4.60. The molecular formula is C16H13ClO4. The molecule has 0 aliphatic carbocycles. The van der Waals surface area contributed by atoms with Gasteiger partial charge in [-0.25, -0.2) is 4.79 Å². The zero-order chi connectivity index (χ0) is 15.4. The molecule has 2 aromatic carbocycles. The standard InChI is InChI=1S/C16H13ClO4/c17-14-4-2-1-3-12(14)9-13(16(20)21)10-5-7-11(8-6-10)15(18)19/h1-8,13H,9H2,(H,18,19)(H,20,21). The van der Waals surface area contributed by atoms with Gasteiger partial charge in [0.05, 0.1) is 11.5 Å². The van der Waals surface area contributed by atoms with Gasteiger partial charge >= 0.3 is 11.9 Å². The van der Waals surface area contributed by atoms with Gasteiger partial charge in [0.25, 0.3) is 0 Å². The van der Waals surface area contributed by atoms with Crippen LogP contribution in [-0.4, -0.2) is 22.2 Å². The van der Waals surface area contributed by atoms with Gasteiger partial charge in [-0.05, 0) is 35.7 Å². The molecule has 0 spiro atoms. The zero-order valence-corrected chi connectivity index (χ0v) is 11.7. The van der Waals surface area contributed by atoms with E-state index in [1.165, 1.54) is 24.3 Å². The molecule has 1 atom stereocenters. The fourth-order valence-corrected chi connectivity index (χ4v) is 2.30. The second-order valence-corrected chi connectivity index (χ2v) is 5.02. The van der Waals surface area contributed by atoms with Gasteiger partial charge in [0.15, 0.2) is 0 Å². The lowest BCUT2D eigenvalue weighted by Crippen LogP contribution is -2.15. The molecule has 0 saturated heterocycles. The van der Waals surface area contributed by atoms with E-state index in [-0.39, 0.29) is 12.0 Å². The Morgan fingerprint density at radius 2 is 1.62 bits per heavy atom. The van der Waals surface area contributed by atoms with Crippen molar-refractivity contribution >= 4 is 23.5 Å². The third-order valence-corrected chi connectivity index (χ3v) is 3.61. The normalized spacial score (nSPS) is 11.9. The summed E-state index contributed by atoms with van der Waals surface area (Å²) in [5, 5.41) is 18.8. The SMILES string of the molecule is O=C(O)c1ccc(C(Cc2ccccc2Cl)C(=O)O)cc1. The Hall–Kier alpha value is -2.33. The fraction of sp³-hybridized carbons (Fsp3) is 0.125. The lowest BCUT2D eigenvalue weighted by molar-refractivity contribution is -0.138. The molecule has 21 heavy (non-hydrogen) atoms. The van der Waals surface area contributed by atoms with Gasteiger partial charge in [0, 0.05) is 5.02 Å². The molecule has 0 aromatic heterocycles. The molecule has 0 saturated carbocycles. The summed E-state index contributed by atoms with van der Waals surface area (Å²) in [7, 11) is 0. The van der Waals surface area contributed by atoms with E-state index in [9.17, 15) is 14.7 Å². The van der Waals surface area contributed by atoms with E-state index in [2.05, 4.69) is 0 Å². The molecule has 2 aromatic rings. The third-order valence-electron chi connectivity index (χ3n) is 3.24. The average Bonchev–Trinajstić information content (AvgIpc) is 2.46. The van der Waals surface area contributed by atoms with Crippen molar-refractivity contribution in [2.24, 2.45) is 0 Å². The van der Waals surface area contributed by atoms with E-state index in [4.69, 9.17) is 16.7 Å². The van der Waals surface area contributed by atoms with Gasteiger partial charge in [-0.2, -0.15) is 0 Å². The predicted molar refractivity (Wildman–Crippen MR) is 78.9 cm³/mol. The van der Waals surface area contributed by atoms with Crippen molar-refractivity contribution in [2.45, 2.75) is 12.3 Å². The highest BCUT2D eigenvalue weighted by molar-refractivity contribution is 6.31. The first-order chi connectivity index (χ1) is 9.99. The molecule has 0 aliphatic rings. The van der Waals surface area contributed by atoms with Crippen LogP contribution in [-0.2, 0) is 11.2 Å². The summed E-state index contributed by atoms with van der Waals surface area (Å²) >= 11 is 6.06. The smallest absolute Gasteiger partial charge is 0.335 e. The molecule has 0 heterocycles. The van der Waals surface area contributed by atoms with Gasteiger partial charge in [0.2, 0.25) is 0 Å². The first-order valence-corrected chi connectivity index (χ1v) is 6.66. The highest BCUT2D eigenvalue weighted by atomic mass is 35.5. The third kappa shape index (κ3) is 3.61. The zero-order valence-electron chi connectivity index (χ0n) is 11.0. The van der Waals surface area contributed by atoms with Gasteiger partial charge in [-0.3, -0.25) is 4.79 Å². The topological polar surface area (TPSA) is 74.6 Å². The number of carboxylic acids is 2. The number of hydrogen-bond donors (Lipinski definition) is 2. The van der Waals surface area contributed by atoms with E-state index >= 15 is 0 Å². The largest absolute Gasteiger partial charge is 0.481 e. The van der Waals surface area contributed by atoms with Crippen LogP contribution in [0.2, 0.25) is 5.02 Å². The minimum Gasteiger partial charge on any atom is -0.481 e. The summed E-state index contributed by atoms with van der Waals surface area (Å²) < 4.78 is 0. The highest BCUT2D eigenvalue weighted by Gasteiger charge is 2.21. The molecule has 0 bridgehead atoms. The molecule has 4 nitrogen and oxygen atoms in total. The maximum absolute atomic E-state index is 11.5. The molecule has 2 rings (SSSR count). The van der Waals surface area contributed by atoms with Crippen molar-refractivity contribution in [3.05, 3.63) is 70.2 Å². The van der Waals surface area contributed by atoms with Crippen LogP contribution in [0.15, 0.2) is 48.5 Å². The second-order valence-electron chi connectivity index (χ2n) is 4.61. The molecule has 0 aliphatic heterocycles. The lowest BCUT2D eigenvalue weighted by Gasteiger charge is -2.14. The van der Waals surface area contributed by atoms with E-state index in [0.29, 0.717) is 10.6 Å². The molecule has 0 amide bonds. The molecule has 0 radical (unpaired) electrons. The highest BCUT2D eigenvalue weighted by Crippen LogP contribution is 2.25. The summed E-state index contributed by atoms with van der Waals surface area (Å²) in [6.45, 7) is 0. The van der Waals surface area contributed by atoms with Gasteiger partial charge in [0.1, 0.15) is 0 Å². The number of aliphatic carboxylic acids is 1. The van der Waals surface area contributed by atoms with E-state index < -0.39 is 17.9 Å². The number of rotatable bonds is 5. The monoisotopic (exact) mass is 304 g/mol. The Morgan fingerprint density at radius 3 is 2.14 bits per heavy atom. The number of carbonyl (C=O) groups is 2. The first kappa shape index (κ1) is 15.1. The van der Waals surface area contributed by atoms with Crippen molar-refractivity contribution < 1.29 is 19.8 Å². The number of halogens is 1. The second kappa shape index (κ2) is 6.41. The molecule has 2 N–H and O–H groups in total. The van der Waals surface area contributed by atoms with E-state index in [1.807, 2.05) is 0 Å². The maximum atomic E-state index is 11.5. The molecular weight excluding hydrogens is 292 g/mol. The summed E-state index contributed by atoms with van der Waals surface area (Å²) in [4.78, 5) is 22.3. The van der Waals surface area contributed by atoms with Crippen molar-refractivity contribution in [3.8, 4) is 0 Å². The van der Waals surface area contributed by atoms with Crippen LogP contribution in [0.25, 0.3) is 0 Å². The molecule has 5 heteroatoms. The number of hydrogen-bond acceptors (Lipinski definition) is 2. The van der Waals surface area contributed by atoms with Crippen molar-refractivity contribution in [2.75, 3.05) is 0 Å². The van der Waals surface area contributed by atoms with Crippen LogP contribution in [0.5, 0.6) is 0 Å². The minimum absolute atomic E-state index is 0.126. The molecule has 0 fully saturated rings. The maximum Gasteiger partial charge on any atom is 0.335 e. The quantitative estimate of drug-likeness (QED) is 0.887. The van der Waals surface area contributed by atoms with Crippen LogP contribution in [0.1, 0.15) is 27.4 Å². The van der Waals surface area contributed by atoms with E-state index in [0.717, 1.165) is 5.56 Å². The minimum atomic E-state index is -1.04. The molecule has 1 unspecified atom stereocenters. The summed E-state index contributed by atoms with van der Waals surface area (Å²) in [6.07, 6.45) is 0.251. The summed E-state index contributed by atoms with van der Waals surface area (Å²) in [5.74, 6) is -2.79. The van der Waals surface area contributed by atoms with Crippen molar-refractivity contribution in [1.29, 1.82) is 0 Å².